The quantitative estimate of drug-likeness (QED) is 0.116. The summed E-state index contributed by atoms with van der Waals surface area (Å²) in [6.07, 6.45) is 3.99. The standard InChI is InChI=1S/C32H41BrN6O7/c1-4-6-13-24(41)34-18-20(3)45-31(44)25-26-29(42)38(15-9-10-16-40)28(32(26)17-21(33)27(25)46-32)30(43)37(14-5-2)19-39-23-12-8-7-11-22(23)35-36-39/h4-5,7-8,11-12,20-21,25-28,40H,1-2,6,9-10,13-19H2,3H3,(H,34,41)/t20-,21?,25-,26+,27-,28-,32+/m1/s1. The lowest BCUT2D eigenvalue weighted by Crippen LogP contribution is -2.57. The number of hydrogen-bond donors (Lipinski definition) is 2. The van der Waals surface area contributed by atoms with Crippen LogP contribution < -0.4 is 5.32 Å². The van der Waals surface area contributed by atoms with E-state index in [1.165, 1.54) is 4.90 Å². The number of ether oxygens (including phenoxy) is 2. The third kappa shape index (κ3) is 6.34. The first-order valence-electron chi connectivity index (χ1n) is 15.7. The van der Waals surface area contributed by atoms with Crippen LogP contribution in [0.15, 0.2) is 49.6 Å². The van der Waals surface area contributed by atoms with Gasteiger partial charge in [-0.15, -0.1) is 18.3 Å². The van der Waals surface area contributed by atoms with Gasteiger partial charge in [0.15, 0.2) is 0 Å². The predicted molar refractivity (Wildman–Crippen MR) is 171 cm³/mol. The van der Waals surface area contributed by atoms with Crippen molar-refractivity contribution >= 4 is 50.7 Å². The number of unbranched alkanes of at least 4 members (excludes halogenated alkanes) is 1. The fourth-order valence-corrected chi connectivity index (χ4v) is 7.88. The van der Waals surface area contributed by atoms with E-state index in [2.05, 4.69) is 44.7 Å². The van der Waals surface area contributed by atoms with E-state index >= 15 is 0 Å². The fraction of sp³-hybridized carbons (Fsp3) is 0.562. The smallest absolute Gasteiger partial charge is 0.312 e. The van der Waals surface area contributed by atoms with Crippen LogP contribution in [0, 0.1) is 11.8 Å². The number of likely N-dealkylation sites (tertiary alicyclic amines) is 1. The molecule has 14 heteroatoms. The Kier molecular flexibility index (Phi) is 10.6. The summed E-state index contributed by atoms with van der Waals surface area (Å²) >= 11 is 3.68. The molecule has 1 unspecified atom stereocenters. The van der Waals surface area contributed by atoms with Crippen LogP contribution in [-0.2, 0) is 35.3 Å². The zero-order valence-corrected chi connectivity index (χ0v) is 27.5. The number of para-hydroxylation sites is 1. The number of hydrogen-bond acceptors (Lipinski definition) is 9. The lowest BCUT2D eigenvalue weighted by molar-refractivity contribution is -0.159. The Bertz CT molecular complexity index is 1480. The van der Waals surface area contributed by atoms with Crippen molar-refractivity contribution in [2.45, 2.75) is 74.4 Å². The van der Waals surface area contributed by atoms with Crippen molar-refractivity contribution in [3.05, 3.63) is 49.6 Å². The maximum atomic E-state index is 14.6. The Hall–Kier alpha value is -3.62. The van der Waals surface area contributed by atoms with Crippen molar-refractivity contribution in [2.75, 3.05) is 26.2 Å². The molecule has 1 aromatic heterocycles. The van der Waals surface area contributed by atoms with Crippen LogP contribution in [0.2, 0.25) is 0 Å². The van der Waals surface area contributed by atoms with Crippen LogP contribution in [0.4, 0.5) is 0 Å². The number of amides is 3. The zero-order chi connectivity index (χ0) is 33.0. The molecule has 1 spiro atoms. The van der Waals surface area contributed by atoms with Gasteiger partial charge in [0.1, 0.15) is 29.9 Å². The van der Waals surface area contributed by atoms with Gasteiger partial charge in [-0.2, -0.15) is 0 Å². The van der Waals surface area contributed by atoms with Crippen LogP contribution in [-0.4, -0.2) is 109 Å². The number of aliphatic hydroxyl groups is 1. The number of alkyl halides is 1. The molecule has 1 aromatic carbocycles. The van der Waals surface area contributed by atoms with Gasteiger partial charge in [-0.3, -0.25) is 19.2 Å². The second-order valence-electron chi connectivity index (χ2n) is 12.1. The fourth-order valence-electron chi connectivity index (χ4n) is 6.94. The van der Waals surface area contributed by atoms with Crippen molar-refractivity contribution in [3.63, 3.8) is 0 Å². The number of allylic oxidation sites excluding steroid dienone is 1. The number of fused-ring (bicyclic) bond motifs is 2. The van der Waals surface area contributed by atoms with Gasteiger partial charge >= 0.3 is 5.97 Å². The summed E-state index contributed by atoms with van der Waals surface area (Å²) in [7, 11) is 0. The molecule has 0 radical (unpaired) electrons. The first kappa shape index (κ1) is 33.7. The minimum absolute atomic E-state index is 0.0593. The van der Waals surface area contributed by atoms with E-state index in [9.17, 15) is 24.3 Å². The number of nitrogens with zero attached hydrogens (tertiary/aromatic N) is 5. The average molecular weight is 702 g/mol. The van der Waals surface area contributed by atoms with Gasteiger partial charge in [-0.1, -0.05) is 45.4 Å². The Labute approximate surface area is 276 Å². The Morgan fingerprint density at radius 1 is 1.28 bits per heavy atom. The van der Waals surface area contributed by atoms with Crippen LogP contribution in [0.5, 0.6) is 0 Å². The second-order valence-corrected chi connectivity index (χ2v) is 13.2. The Balaban J connectivity index is 1.41. The van der Waals surface area contributed by atoms with Gasteiger partial charge in [0.25, 0.3) is 0 Å². The minimum atomic E-state index is -1.28. The number of carbonyl (C=O) groups is 4. The molecule has 2 N–H and O–H groups in total. The number of esters is 1. The van der Waals surface area contributed by atoms with E-state index in [0.717, 1.165) is 5.52 Å². The number of carbonyl (C=O) groups excluding carboxylic acids is 4. The van der Waals surface area contributed by atoms with Gasteiger partial charge in [0.05, 0.1) is 30.0 Å². The first-order valence-corrected chi connectivity index (χ1v) is 16.6. The number of nitrogens with one attached hydrogen (secondary N) is 1. The van der Waals surface area contributed by atoms with Gasteiger partial charge < -0.3 is 29.7 Å². The van der Waals surface area contributed by atoms with Crippen LogP contribution in [0.25, 0.3) is 11.0 Å². The summed E-state index contributed by atoms with van der Waals surface area (Å²) in [5, 5.41) is 20.7. The molecule has 46 heavy (non-hydrogen) atoms. The van der Waals surface area contributed by atoms with E-state index < -0.39 is 41.7 Å². The van der Waals surface area contributed by atoms with Gasteiger partial charge in [-0.25, -0.2) is 4.68 Å². The third-order valence-corrected chi connectivity index (χ3v) is 9.81. The first-order chi connectivity index (χ1) is 22.2. The summed E-state index contributed by atoms with van der Waals surface area (Å²) in [6, 6.07) is 6.39. The topological polar surface area (TPSA) is 156 Å². The van der Waals surface area contributed by atoms with E-state index in [1.54, 1.807) is 28.7 Å². The largest absolute Gasteiger partial charge is 0.460 e. The Morgan fingerprint density at radius 3 is 2.80 bits per heavy atom. The van der Waals surface area contributed by atoms with E-state index in [4.69, 9.17) is 9.47 Å². The van der Waals surface area contributed by atoms with Crippen molar-refractivity contribution in [1.82, 2.24) is 30.1 Å². The average Bonchev–Trinajstić information content (AvgIpc) is 3.76. The second kappa shape index (κ2) is 14.4. The lowest BCUT2D eigenvalue weighted by atomic mass is 9.70. The molecule has 7 atom stereocenters. The van der Waals surface area contributed by atoms with Gasteiger partial charge in [0.2, 0.25) is 17.7 Å². The number of rotatable bonds is 16. The normalized spacial score (nSPS) is 27.0. The molecule has 3 saturated heterocycles. The molecule has 0 aliphatic carbocycles. The van der Waals surface area contributed by atoms with E-state index in [1.807, 2.05) is 24.3 Å². The molecular weight excluding hydrogens is 660 g/mol. The van der Waals surface area contributed by atoms with Crippen molar-refractivity contribution in [3.8, 4) is 0 Å². The lowest BCUT2D eigenvalue weighted by Gasteiger charge is -2.37. The molecular formula is C32H41BrN6O7. The molecule has 5 rings (SSSR count). The molecule has 13 nitrogen and oxygen atoms in total. The maximum Gasteiger partial charge on any atom is 0.312 e. The summed E-state index contributed by atoms with van der Waals surface area (Å²) in [5.74, 6) is -3.38. The van der Waals surface area contributed by atoms with Crippen LogP contribution in [0.1, 0.15) is 39.0 Å². The van der Waals surface area contributed by atoms with Crippen molar-refractivity contribution in [2.24, 2.45) is 11.8 Å². The van der Waals surface area contributed by atoms with Crippen LogP contribution >= 0.6 is 15.9 Å². The summed E-state index contributed by atoms with van der Waals surface area (Å²) in [6.45, 7) is 9.63. The van der Waals surface area contributed by atoms with Gasteiger partial charge in [0, 0.05) is 30.9 Å². The zero-order valence-electron chi connectivity index (χ0n) is 25.9. The molecule has 0 saturated carbocycles. The highest BCUT2D eigenvalue weighted by atomic mass is 79.9. The highest BCUT2D eigenvalue weighted by Crippen LogP contribution is 2.60. The molecule has 3 amide bonds. The SMILES string of the molecule is C=CCCC(=O)NC[C@@H](C)OC(=O)[C@H]1[C@@H]2O[C@@]3(CC2Br)[C@@H]1C(=O)N(CCCCO)[C@@H]3C(=O)N(CC=C)Cn1nnc2ccccc21. The Morgan fingerprint density at radius 2 is 2.07 bits per heavy atom. The summed E-state index contributed by atoms with van der Waals surface area (Å²) < 4.78 is 14.0. The molecule has 2 bridgehead atoms. The number of halogens is 1. The molecule has 3 aliphatic heterocycles. The monoisotopic (exact) mass is 700 g/mol. The summed E-state index contributed by atoms with van der Waals surface area (Å²) in [4.78, 5) is 57.4. The molecule has 3 fully saturated rings. The van der Waals surface area contributed by atoms with E-state index in [0.29, 0.717) is 31.2 Å². The third-order valence-electron chi connectivity index (χ3n) is 8.97. The molecule has 4 heterocycles. The highest BCUT2D eigenvalue weighted by molar-refractivity contribution is 9.09. The summed E-state index contributed by atoms with van der Waals surface area (Å²) in [5.41, 5.74) is 0.151. The van der Waals surface area contributed by atoms with Crippen molar-refractivity contribution < 1.29 is 33.8 Å². The number of benzene rings is 1. The molecule has 3 aliphatic rings. The van der Waals surface area contributed by atoms with E-state index in [-0.39, 0.29) is 61.9 Å². The predicted octanol–water partition coefficient (Wildman–Crippen LogP) is 1.94. The highest BCUT2D eigenvalue weighted by Gasteiger charge is 2.77. The van der Waals surface area contributed by atoms with Gasteiger partial charge in [-0.05, 0) is 44.7 Å². The maximum absolute atomic E-state index is 14.6. The minimum Gasteiger partial charge on any atom is -0.460 e. The van der Waals surface area contributed by atoms with Crippen molar-refractivity contribution in [1.29, 1.82) is 0 Å². The molecule has 248 valence electrons. The molecule has 2 aromatic rings. The number of aliphatic hydroxyl groups excluding tert-OH is 1. The van der Waals surface area contributed by atoms with Crippen LogP contribution in [0.3, 0.4) is 0 Å². The number of aromatic nitrogens is 3.